The molecule has 0 N–H and O–H groups in total. The second-order valence-electron chi connectivity index (χ2n) is 25.6. The van der Waals surface area contributed by atoms with Crippen LogP contribution in [0.25, 0.3) is 166 Å². The Hall–Kier alpha value is -11.6. The van der Waals surface area contributed by atoms with E-state index in [9.17, 15) is 0 Å². The van der Waals surface area contributed by atoms with Crippen molar-refractivity contribution in [1.29, 1.82) is 0 Å². The summed E-state index contributed by atoms with van der Waals surface area (Å²) in [6.07, 6.45) is 0. The lowest BCUT2D eigenvalue weighted by molar-refractivity contribution is 0.00578. The molecule has 6 heterocycles. The predicted molar refractivity (Wildman–Crippen MR) is 393 cm³/mol. The number of hydrogen-bond acceptors (Lipinski definition) is 8. The van der Waals surface area contributed by atoms with Crippen LogP contribution in [-0.4, -0.2) is 48.2 Å². The van der Waals surface area contributed by atoms with Gasteiger partial charge < -0.3 is 9.31 Å². The molecule has 18 rings (SSSR count). The number of rotatable bonds is 8. The lowest BCUT2D eigenvalue weighted by Gasteiger charge is -2.32. The van der Waals surface area contributed by atoms with E-state index in [1.807, 2.05) is 42.5 Å². The molecule has 0 unspecified atom stereocenters. The van der Waals surface area contributed by atoms with Gasteiger partial charge in [0.2, 0.25) is 0 Å². The highest BCUT2D eigenvalue weighted by Gasteiger charge is 2.51. The van der Waals surface area contributed by atoms with Crippen LogP contribution in [0.1, 0.15) is 27.7 Å². The molecular weight excluding hydrogens is 1160 g/mol. The fourth-order valence-electron chi connectivity index (χ4n) is 13.4. The molecule has 0 spiro atoms. The monoisotopic (exact) mass is 1220 g/mol. The normalized spacial score (nSPS) is 13.5. The third-order valence-electron chi connectivity index (χ3n) is 19.2. The van der Waals surface area contributed by atoms with Gasteiger partial charge in [0.25, 0.3) is 0 Å². The largest absolute Gasteiger partial charge is 0.494 e. The molecule has 8 nitrogen and oxygen atoms in total. The van der Waals surface area contributed by atoms with Crippen LogP contribution in [-0.2, 0) is 9.31 Å². The Morgan fingerprint density at radius 2 is 0.632 bits per heavy atom. The topological polar surface area (TPSA) is 95.8 Å². The molecule has 0 aliphatic carbocycles. The molecule has 1 fully saturated rings. The van der Waals surface area contributed by atoms with Crippen molar-refractivity contribution in [3.05, 3.63) is 297 Å². The molecule has 17 aromatic rings. The minimum absolute atomic E-state index is 0.385. The van der Waals surface area contributed by atoms with Crippen molar-refractivity contribution >= 4 is 99.3 Å². The van der Waals surface area contributed by atoms with E-state index in [0.717, 1.165) is 138 Å². The third-order valence-corrected chi connectivity index (χ3v) is 19.2. The first kappa shape index (κ1) is 57.3. The zero-order valence-electron chi connectivity index (χ0n) is 52.9. The fourth-order valence-corrected chi connectivity index (χ4v) is 13.4. The highest BCUT2D eigenvalue weighted by Crippen LogP contribution is 2.42. The summed E-state index contributed by atoms with van der Waals surface area (Å²) in [5.41, 5.74) is 16.9. The van der Waals surface area contributed by atoms with Gasteiger partial charge in [-0.15, -0.1) is 0 Å². The van der Waals surface area contributed by atoms with E-state index in [4.69, 9.17) is 39.2 Å². The number of fused-ring (bicyclic) bond motifs is 12. The molecule has 12 aromatic carbocycles. The molecule has 95 heavy (non-hydrogen) atoms. The molecule has 1 saturated heterocycles. The molecule has 0 bridgehead atoms. The van der Waals surface area contributed by atoms with Crippen LogP contribution in [0.15, 0.2) is 297 Å². The van der Waals surface area contributed by atoms with Gasteiger partial charge in [0, 0.05) is 71.3 Å². The molecule has 450 valence electrons. The van der Waals surface area contributed by atoms with E-state index in [0.29, 0.717) is 5.82 Å². The second kappa shape index (κ2) is 23.2. The Bertz CT molecular complexity index is 5790. The number of benzene rings is 12. The van der Waals surface area contributed by atoms with Gasteiger partial charge in [0.05, 0.1) is 67.4 Å². The summed E-state index contributed by atoms with van der Waals surface area (Å²) in [7, 11) is -0.404. The average molecular weight is 1220 g/mol. The molecule has 0 radical (unpaired) electrons. The number of hydrogen-bond donors (Lipinski definition) is 0. The summed E-state index contributed by atoms with van der Waals surface area (Å²) in [5.74, 6) is 0.699. The lowest BCUT2D eigenvalue weighted by Crippen LogP contribution is -2.41. The molecule has 1 aliphatic heterocycles. The van der Waals surface area contributed by atoms with Gasteiger partial charge in [-0.3, -0.25) is 0 Å². The minimum atomic E-state index is -0.404. The summed E-state index contributed by atoms with van der Waals surface area (Å²) in [4.78, 5) is 30.9. The summed E-state index contributed by atoms with van der Waals surface area (Å²) >= 11 is 0. The summed E-state index contributed by atoms with van der Waals surface area (Å²) in [6, 6.07) is 104. The van der Waals surface area contributed by atoms with E-state index < -0.39 is 7.12 Å². The Kier molecular flexibility index (Phi) is 14.0. The van der Waals surface area contributed by atoms with Crippen LogP contribution < -0.4 is 5.46 Å². The van der Waals surface area contributed by atoms with Crippen LogP contribution in [0, 0.1) is 0 Å². The van der Waals surface area contributed by atoms with Gasteiger partial charge in [-0.05, 0) is 132 Å². The van der Waals surface area contributed by atoms with Crippen molar-refractivity contribution in [2.24, 2.45) is 0 Å². The van der Waals surface area contributed by atoms with Crippen molar-refractivity contribution < 1.29 is 9.31 Å². The molecule has 0 atom stereocenters. The van der Waals surface area contributed by atoms with Crippen LogP contribution in [0.3, 0.4) is 0 Å². The lowest BCUT2D eigenvalue weighted by atomic mass is 9.78. The van der Waals surface area contributed by atoms with E-state index in [-0.39, 0.29) is 11.2 Å². The van der Waals surface area contributed by atoms with Crippen LogP contribution in [0.4, 0.5) is 0 Å². The zero-order chi connectivity index (χ0) is 63.8. The quantitative estimate of drug-likeness (QED) is 0.110. The smallest absolute Gasteiger partial charge is 0.399 e. The van der Waals surface area contributed by atoms with E-state index in [1.165, 1.54) is 26.9 Å². The fraction of sp³-hybridized carbons (Fsp3) is 0.0698. The Morgan fingerprint density at radius 1 is 0.253 bits per heavy atom. The summed E-state index contributed by atoms with van der Waals surface area (Å²) in [5, 5.41) is 13.8. The van der Waals surface area contributed by atoms with E-state index >= 15 is 0 Å². The van der Waals surface area contributed by atoms with Crippen molar-refractivity contribution in [1.82, 2.24) is 29.9 Å². The van der Waals surface area contributed by atoms with E-state index in [1.54, 1.807) is 0 Å². The van der Waals surface area contributed by atoms with Crippen molar-refractivity contribution in [2.45, 2.75) is 38.9 Å². The first-order valence-corrected chi connectivity index (χ1v) is 32.3. The van der Waals surface area contributed by atoms with Gasteiger partial charge in [0.15, 0.2) is 5.82 Å². The SMILES string of the molecule is CC1(C)OB(c2ccc(-c3nc4ccccc4c4ccc5nc(-c6ccc7ccccc7c6)ccc5c34)cc2)OC1(C)C.c1ccc(-c2cc(-c3ccc(-c4nc5ccccc5c5ccc6nc(-c7ccc8ccccc8c7)ccc6c45)cc3)nc(-c3ccccc3)n2)cc1. The number of para-hydroxylation sites is 2. The Balaban J connectivity index is 0.000000147. The van der Waals surface area contributed by atoms with Crippen molar-refractivity contribution in [3.8, 4) is 78.9 Å². The molecule has 9 heteroatoms. The summed E-state index contributed by atoms with van der Waals surface area (Å²) in [6.45, 7) is 8.32. The van der Waals surface area contributed by atoms with Gasteiger partial charge in [0.1, 0.15) is 0 Å². The highest BCUT2D eigenvalue weighted by atomic mass is 16.7. The maximum absolute atomic E-state index is 6.31. The van der Waals surface area contributed by atoms with Crippen molar-refractivity contribution in [3.63, 3.8) is 0 Å². The summed E-state index contributed by atoms with van der Waals surface area (Å²) < 4.78 is 12.6. The highest BCUT2D eigenvalue weighted by molar-refractivity contribution is 6.62. The molecule has 0 amide bonds. The zero-order valence-corrected chi connectivity index (χ0v) is 52.9. The number of nitrogens with zero attached hydrogens (tertiary/aromatic N) is 6. The maximum Gasteiger partial charge on any atom is 0.494 e. The Labute approximate surface area is 550 Å². The first-order chi connectivity index (χ1) is 46.5. The molecule has 0 saturated carbocycles. The van der Waals surface area contributed by atoms with Gasteiger partial charge in [-0.2, -0.15) is 0 Å². The average Bonchev–Trinajstić information content (AvgIpc) is 1.13. The van der Waals surface area contributed by atoms with Crippen molar-refractivity contribution in [2.75, 3.05) is 0 Å². The molecule has 5 aromatic heterocycles. The molecular formula is C86H61BN6O2. The van der Waals surface area contributed by atoms with Crippen LogP contribution >= 0.6 is 0 Å². The first-order valence-electron chi connectivity index (χ1n) is 32.3. The number of pyridine rings is 4. The van der Waals surface area contributed by atoms with E-state index in [2.05, 4.69) is 282 Å². The minimum Gasteiger partial charge on any atom is -0.399 e. The predicted octanol–water partition coefficient (Wildman–Crippen LogP) is 20.9. The van der Waals surface area contributed by atoms with Gasteiger partial charge in [-0.25, -0.2) is 29.9 Å². The molecule has 1 aliphatic rings. The second-order valence-corrected chi connectivity index (χ2v) is 25.6. The van der Waals surface area contributed by atoms with Gasteiger partial charge in [-0.1, -0.05) is 231 Å². The number of aromatic nitrogens is 6. The maximum atomic E-state index is 6.31. The third kappa shape index (κ3) is 10.5. The Morgan fingerprint density at radius 3 is 1.13 bits per heavy atom. The standard InChI is InChI=1S/C48H30N4.C38H31BN2O2/c1-3-12-32(13-4-1)44-30-45(52-48(51-44)35-14-5-2-6-15-35)33-20-22-34(23-21-33)47-46-39(38-17-9-10-18-42(38)50-47)25-28-43-40(46)26-27-41(49-43)37-24-19-31-11-7-8-16-36(31)29-37;1-37(2)38(3,4)43-39(42-37)28-17-15-25(16-18-28)36-35-30(29-11-7-8-12-33(29)41-36)19-22-34-31(35)20-21-32(40-34)27-14-13-24-9-5-6-10-26(24)23-27/h1-30H;5-23H,1-4H3. The van der Waals surface area contributed by atoms with Crippen LogP contribution in [0.5, 0.6) is 0 Å². The van der Waals surface area contributed by atoms with Crippen LogP contribution in [0.2, 0.25) is 0 Å². The van der Waals surface area contributed by atoms with Gasteiger partial charge >= 0.3 is 7.12 Å².